The van der Waals surface area contributed by atoms with E-state index < -0.39 is 0 Å². The van der Waals surface area contributed by atoms with Gasteiger partial charge in [0.05, 0.1) is 5.69 Å². The van der Waals surface area contributed by atoms with Crippen molar-refractivity contribution in [3.63, 3.8) is 0 Å². The highest BCUT2D eigenvalue weighted by molar-refractivity contribution is 6.30. The fourth-order valence-electron chi connectivity index (χ4n) is 2.77. The number of fused-ring (bicyclic) bond motifs is 1. The molecule has 7 heteroatoms. The van der Waals surface area contributed by atoms with Crippen molar-refractivity contribution in [2.45, 2.75) is 6.92 Å². The zero-order valence-corrected chi connectivity index (χ0v) is 15.8. The first kappa shape index (κ1) is 18.0. The van der Waals surface area contributed by atoms with Crippen LogP contribution < -0.4 is 10.1 Å². The Hall–Kier alpha value is -3.38. The molecule has 1 heterocycles. The molecule has 0 saturated carbocycles. The summed E-state index contributed by atoms with van der Waals surface area (Å²) in [5, 5.41) is 12.3. The molecular weight excluding hydrogens is 376 g/mol. The van der Waals surface area contributed by atoms with Gasteiger partial charge in [-0.1, -0.05) is 35.9 Å². The first-order chi connectivity index (χ1) is 13.6. The molecule has 0 spiro atoms. The summed E-state index contributed by atoms with van der Waals surface area (Å²) in [5.41, 5.74) is 3.76. The van der Waals surface area contributed by atoms with E-state index in [2.05, 4.69) is 15.5 Å². The Balaban J connectivity index is 1.47. The maximum atomic E-state index is 12.2. The minimum atomic E-state index is -0.246. The van der Waals surface area contributed by atoms with Crippen LogP contribution in [0.3, 0.4) is 0 Å². The average Bonchev–Trinajstić information content (AvgIpc) is 3.11. The summed E-state index contributed by atoms with van der Waals surface area (Å²) >= 11 is 6.03. The Morgan fingerprint density at radius 1 is 1.04 bits per heavy atom. The number of rotatable bonds is 5. The second kappa shape index (κ2) is 7.70. The zero-order valence-electron chi connectivity index (χ0n) is 15.1. The number of hydrogen-bond donors (Lipinski definition) is 1. The number of carbonyl (C=O) groups is 1. The van der Waals surface area contributed by atoms with E-state index in [0.29, 0.717) is 27.5 Å². The number of nitrogens with one attached hydrogen (secondary N) is 1. The Bertz CT molecular complexity index is 1160. The molecule has 0 aliphatic heterocycles. The van der Waals surface area contributed by atoms with Crippen molar-refractivity contribution in [2.75, 3.05) is 11.9 Å². The minimum Gasteiger partial charge on any atom is -0.483 e. The Morgan fingerprint density at radius 3 is 2.68 bits per heavy atom. The number of aryl methyl sites for hydroxylation is 1. The third-order valence-corrected chi connectivity index (χ3v) is 4.39. The number of para-hydroxylation sites is 1. The fourth-order valence-corrected chi connectivity index (χ4v) is 2.95. The van der Waals surface area contributed by atoms with Gasteiger partial charge in [0.1, 0.15) is 16.8 Å². The van der Waals surface area contributed by atoms with Crippen LogP contribution in [-0.4, -0.2) is 27.5 Å². The summed E-state index contributed by atoms with van der Waals surface area (Å²) in [5.74, 6) is 0.447. The number of ether oxygens (including phenoxy) is 1. The predicted octanol–water partition coefficient (Wildman–Crippen LogP) is 4.40. The van der Waals surface area contributed by atoms with Gasteiger partial charge >= 0.3 is 0 Å². The van der Waals surface area contributed by atoms with Gasteiger partial charge in [0.15, 0.2) is 6.61 Å². The topological polar surface area (TPSA) is 69.0 Å². The molecule has 6 nitrogen and oxygen atoms in total. The molecule has 1 amide bonds. The minimum absolute atomic E-state index is 0.0713. The zero-order chi connectivity index (χ0) is 19.5. The van der Waals surface area contributed by atoms with Crippen LogP contribution in [0.2, 0.25) is 5.02 Å². The second-order valence-electron chi connectivity index (χ2n) is 6.28. The van der Waals surface area contributed by atoms with Crippen molar-refractivity contribution in [3.05, 3.63) is 77.3 Å². The quantitative estimate of drug-likeness (QED) is 0.546. The molecule has 0 aliphatic rings. The molecule has 4 rings (SSSR count). The van der Waals surface area contributed by atoms with Crippen molar-refractivity contribution < 1.29 is 9.53 Å². The van der Waals surface area contributed by atoms with E-state index in [1.54, 1.807) is 30.3 Å². The van der Waals surface area contributed by atoms with Gasteiger partial charge in [-0.25, -0.2) is 0 Å². The third kappa shape index (κ3) is 3.97. The van der Waals surface area contributed by atoms with Gasteiger partial charge < -0.3 is 10.1 Å². The summed E-state index contributed by atoms with van der Waals surface area (Å²) in [6.45, 7) is 1.86. The molecule has 0 saturated heterocycles. The highest BCUT2D eigenvalue weighted by Crippen LogP contribution is 2.20. The van der Waals surface area contributed by atoms with Crippen LogP contribution in [0.4, 0.5) is 5.69 Å². The van der Waals surface area contributed by atoms with Gasteiger partial charge in [-0.2, -0.15) is 4.80 Å². The largest absolute Gasteiger partial charge is 0.483 e. The van der Waals surface area contributed by atoms with Crippen LogP contribution >= 0.6 is 11.6 Å². The maximum Gasteiger partial charge on any atom is 0.262 e. The summed E-state index contributed by atoms with van der Waals surface area (Å²) in [4.78, 5) is 13.7. The van der Waals surface area contributed by atoms with Gasteiger partial charge in [0.25, 0.3) is 5.91 Å². The van der Waals surface area contributed by atoms with Gasteiger partial charge in [-0.05, 0) is 55.0 Å². The predicted molar refractivity (Wildman–Crippen MR) is 109 cm³/mol. The molecule has 28 heavy (non-hydrogen) atoms. The molecule has 0 atom stereocenters. The standard InChI is InChI=1S/C21H17ClN4O2/c1-14-5-2-3-8-20(14)28-13-21(27)23-16-9-10-18-19(12-16)25-26(24-18)17-7-4-6-15(22)11-17/h2-12H,13H2,1H3,(H,23,27). The molecule has 0 unspecified atom stereocenters. The van der Waals surface area contributed by atoms with Crippen LogP contribution in [0.1, 0.15) is 5.56 Å². The monoisotopic (exact) mass is 392 g/mol. The first-order valence-electron chi connectivity index (χ1n) is 8.70. The van der Waals surface area contributed by atoms with E-state index in [1.807, 2.05) is 43.3 Å². The van der Waals surface area contributed by atoms with Gasteiger partial charge in [-0.3, -0.25) is 4.79 Å². The lowest BCUT2D eigenvalue weighted by molar-refractivity contribution is -0.118. The van der Waals surface area contributed by atoms with Crippen LogP contribution in [0.5, 0.6) is 5.75 Å². The molecule has 4 aromatic rings. The number of carbonyl (C=O) groups excluding carboxylic acids is 1. The van der Waals surface area contributed by atoms with E-state index in [-0.39, 0.29) is 12.5 Å². The number of anilines is 1. The molecule has 0 radical (unpaired) electrons. The molecule has 1 aromatic heterocycles. The van der Waals surface area contributed by atoms with Crippen molar-refractivity contribution in [1.29, 1.82) is 0 Å². The lowest BCUT2D eigenvalue weighted by Crippen LogP contribution is -2.20. The summed E-state index contributed by atoms with van der Waals surface area (Å²) in [6.07, 6.45) is 0. The lowest BCUT2D eigenvalue weighted by Gasteiger charge is -2.09. The van der Waals surface area contributed by atoms with E-state index in [1.165, 1.54) is 4.80 Å². The maximum absolute atomic E-state index is 12.2. The lowest BCUT2D eigenvalue weighted by atomic mass is 10.2. The van der Waals surface area contributed by atoms with E-state index in [4.69, 9.17) is 16.3 Å². The fraction of sp³-hybridized carbons (Fsp3) is 0.0952. The third-order valence-electron chi connectivity index (χ3n) is 4.16. The van der Waals surface area contributed by atoms with Crippen LogP contribution in [0.15, 0.2) is 66.7 Å². The van der Waals surface area contributed by atoms with Crippen LogP contribution in [0, 0.1) is 6.92 Å². The van der Waals surface area contributed by atoms with Gasteiger partial charge in [0.2, 0.25) is 0 Å². The number of benzene rings is 3. The molecule has 140 valence electrons. The molecule has 3 aromatic carbocycles. The Morgan fingerprint density at radius 2 is 1.86 bits per heavy atom. The number of halogens is 1. The summed E-state index contributed by atoms with van der Waals surface area (Å²) in [6, 6.07) is 20.2. The van der Waals surface area contributed by atoms with E-state index in [0.717, 1.165) is 11.3 Å². The Kier molecular flexibility index (Phi) is 4.95. The van der Waals surface area contributed by atoms with Gasteiger partial charge in [0, 0.05) is 10.7 Å². The van der Waals surface area contributed by atoms with E-state index in [9.17, 15) is 4.79 Å². The van der Waals surface area contributed by atoms with Crippen LogP contribution in [-0.2, 0) is 4.79 Å². The first-order valence-corrected chi connectivity index (χ1v) is 9.07. The normalized spacial score (nSPS) is 10.8. The highest BCUT2D eigenvalue weighted by atomic mass is 35.5. The molecular formula is C21H17ClN4O2. The smallest absolute Gasteiger partial charge is 0.262 e. The van der Waals surface area contributed by atoms with Crippen LogP contribution in [0.25, 0.3) is 16.7 Å². The Labute approximate surface area is 166 Å². The van der Waals surface area contributed by atoms with Crippen molar-refractivity contribution >= 4 is 34.2 Å². The highest BCUT2D eigenvalue weighted by Gasteiger charge is 2.09. The molecule has 1 N–H and O–H groups in total. The van der Waals surface area contributed by atoms with Crippen molar-refractivity contribution in [1.82, 2.24) is 15.0 Å². The number of aromatic nitrogens is 3. The molecule has 0 fully saturated rings. The summed E-state index contributed by atoms with van der Waals surface area (Å²) in [7, 11) is 0. The van der Waals surface area contributed by atoms with Crippen molar-refractivity contribution in [3.8, 4) is 11.4 Å². The average molecular weight is 393 g/mol. The van der Waals surface area contributed by atoms with Gasteiger partial charge in [-0.15, -0.1) is 10.2 Å². The number of nitrogens with zero attached hydrogens (tertiary/aromatic N) is 3. The van der Waals surface area contributed by atoms with Crippen molar-refractivity contribution in [2.24, 2.45) is 0 Å². The number of amides is 1. The summed E-state index contributed by atoms with van der Waals surface area (Å²) < 4.78 is 5.57. The number of hydrogen-bond acceptors (Lipinski definition) is 4. The SMILES string of the molecule is Cc1ccccc1OCC(=O)Nc1ccc2nn(-c3cccc(Cl)c3)nc2c1. The molecule has 0 aliphatic carbocycles. The molecule has 0 bridgehead atoms. The van der Waals surface area contributed by atoms with E-state index >= 15 is 0 Å². The second-order valence-corrected chi connectivity index (χ2v) is 6.71.